The largest absolute Gasteiger partial charge is 0.416 e. The van der Waals surface area contributed by atoms with Gasteiger partial charge in [0.2, 0.25) is 0 Å². The first-order valence-corrected chi connectivity index (χ1v) is 15.8. The maximum absolute atomic E-state index is 14.5. The maximum atomic E-state index is 14.5. The number of nitrogens with zero attached hydrogens (tertiary/aromatic N) is 8. The topological polar surface area (TPSA) is 120 Å². The van der Waals surface area contributed by atoms with E-state index in [0.717, 1.165) is 36.9 Å². The second-order valence-corrected chi connectivity index (χ2v) is 13.1. The van der Waals surface area contributed by atoms with Gasteiger partial charge in [-0.2, -0.15) is 18.4 Å². The number of piperidine rings is 1. The summed E-state index contributed by atoms with van der Waals surface area (Å²) in [6, 6.07) is 7.99. The van der Waals surface area contributed by atoms with Gasteiger partial charge < -0.3 is 9.30 Å². The lowest BCUT2D eigenvalue weighted by Gasteiger charge is -2.42. The number of ether oxygens (including phenoxy) is 1. The lowest BCUT2D eigenvalue weighted by molar-refractivity contribution is -0.138. The predicted octanol–water partition coefficient (Wildman–Crippen LogP) is 5.21. The molecule has 6 rings (SSSR count). The van der Waals surface area contributed by atoms with Crippen molar-refractivity contribution in [2.75, 3.05) is 42.6 Å². The fraction of sp³-hybridized carbons (Fsp3) is 0.500. The first-order chi connectivity index (χ1) is 22.4. The average molecular weight is 671 g/mol. The lowest BCUT2D eigenvalue weighted by Crippen LogP contribution is -2.49. The van der Waals surface area contributed by atoms with Gasteiger partial charge in [-0.05, 0) is 77.9 Å². The Labute approximate surface area is 274 Å². The van der Waals surface area contributed by atoms with Gasteiger partial charge in [-0.25, -0.2) is 4.98 Å². The van der Waals surface area contributed by atoms with Crippen molar-refractivity contribution < 1.29 is 27.5 Å². The third-order valence-corrected chi connectivity index (χ3v) is 9.44. The van der Waals surface area contributed by atoms with Gasteiger partial charge in [0.25, 0.3) is 5.91 Å². The van der Waals surface area contributed by atoms with Gasteiger partial charge in [-0.15, -0.1) is 10.2 Å². The number of amides is 2. The summed E-state index contributed by atoms with van der Waals surface area (Å²) >= 11 is 5.94. The molecule has 5 heterocycles. The molecule has 3 aliphatic heterocycles. The van der Waals surface area contributed by atoms with E-state index in [1.165, 1.54) is 4.90 Å². The summed E-state index contributed by atoms with van der Waals surface area (Å²) in [6.07, 6.45) is -0.729. The van der Waals surface area contributed by atoms with Crippen molar-refractivity contribution in [1.82, 2.24) is 24.6 Å². The van der Waals surface area contributed by atoms with Crippen molar-refractivity contribution in [2.24, 2.45) is 13.0 Å². The Hall–Kier alpha value is -4.06. The monoisotopic (exact) mass is 670 g/mol. The summed E-state index contributed by atoms with van der Waals surface area (Å²) in [5, 5.41) is 16.5. The molecule has 15 heteroatoms. The molecular formula is C32H34ClF3N8O3. The number of anilines is 2. The van der Waals surface area contributed by atoms with Crippen LogP contribution in [0.2, 0.25) is 0 Å². The van der Waals surface area contributed by atoms with Gasteiger partial charge in [-0.3, -0.25) is 24.3 Å². The number of aromatic nitrogens is 4. The molecule has 2 aromatic heterocycles. The number of benzene rings is 1. The van der Waals surface area contributed by atoms with Gasteiger partial charge in [0.15, 0.2) is 0 Å². The molecule has 0 spiro atoms. The zero-order valence-corrected chi connectivity index (χ0v) is 26.8. The van der Waals surface area contributed by atoms with Crippen LogP contribution in [0.4, 0.5) is 29.6 Å². The highest BCUT2D eigenvalue weighted by Gasteiger charge is 2.45. The number of pyridine rings is 1. The molecule has 0 unspecified atom stereocenters. The van der Waals surface area contributed by atoms with Crippen LogP contribution in [0, 0.1) is 17.2 Å². The Morgan fingerprint density at radius 3 is 2.66 bits per heavy atom. The smallest absolute Gasteiger partial charge is 0.379 e. The molecule has 0 N–H and O–H groups in total. The molecule has 1 aromatic carbocycles. The molecule has 1 atom stereocenters. The van der Waals surface area contributed by atoms with E-state index in [0.29, 0.717) is 35.8 Å². The Morgan fingerprint density at radius 2 is 2.04 bits per heavy atom. The number of rotatable bonds is 9. The fourth-order valence-electron chi connectivity index (χ4n) is 6.71. The zero-order chi connectivity index (χ0) is 33.5. The third kappa shape index (κ3) is 6.57. The van der Waals surface area contributed by atoms with Gasteiger partial charge in [0.05, 0.1) is 37.8 Å². The van der Waals surface area contributed by atoms with Crippen LogP contribution in [0.3, 0.4) is 0 Å². The molecule has 2 amide bonds. The van der Waals surface area contributed by atoms with Crippen molar-refractivity contribution in [2.45, 2.75) is 57.3 Å². The van der Waals surface area contributed by atoms with Crippen LogP contribution in [0.5, 0.6) is 0 Å². The van der Waals surface area contributed by atoms with Crippen molar-refractivity contribution in [1.29, 1.82) is 5.26 Å². The number of hydrogen-bond acceptors (Lipinski definition) is 8. The molecule has 0 radical (unpaired) electrons. The molecule has 248 valence electrons. The number of aryl methyl sites for hydroxylation is 1. The Morgan fingerprint density at radius 1 is 1.26 bits per heavy atom. The van der Waals surface area contributed by atoms with Gasteiger partial charge in [0.1, 0.15) is 23.8 Å². The summed E-state index contributed by atoms with van der Waals surface area (Å²) < 4.78 is 50.9. The Kier molecular flexibility index (Phi) is 8.99. The van der Waals surface area contributed by atoms with Crippen molar-refractivity contribution in [3.63, 3.8) is 0 Å². The number of carbonyl (C=O) groups excluding carboxylic acids is 2. The molecule has 47 heavy (non-hydrogen) atoms. The van der Waals surface area contributed by atoms with Crippen LogP contribution in [-0.2, 0) is 42.9 Å². The number of hydrogen-bond donors (Lipinski definition) is 0. The molecule has 2 saturated heterocycles. The summed E-state index contributed by atoms with van der Waals surface area (Å²) in [4.78, 5) is 35.6. The summed E-state index contributed by atoms with van der Waals surface area (Å²) in [6.45, 7) is 4.11. The number of likely N-dealkylation sites (tertiary alicyclic amines) is 1. The highest BCUT2D eigenvalue weighted by Crippen LogP contribution is 2.42. The van der Waals surface area contributed by atoms with E-state index in [9.17, 15) is 28.0 Å². The van der Waals surface area contributed by atoms with E-state index in [1.807, 2.05) is 6.07 Å². The molecule has 2 fully saturated rings. The Bertz CT molecular complexity index is 1730. The van der Waals surface area contributed by atoms with Crippen LogP contribution in [0.25, 0.3) is 0 Å². The molecule has 0 aliphatic carbocycles. The standard InChI is InChI=1S/C32H34ClF3N8O3/c1-20-5-3-7-42(14-20)15-21-9-23-24(25(10-21)32(34,35)36)16-44(29(23)45)27-12-22(11-26(39-27)43(30(33)46)8-4-6-37)31(17-47-18-31)13-28-40-38-19-41(28)2/h9-12,19-20H,3-5,7-8,13-18H2,1-2H3/t20-/m0/s1. The van der Waals surface area contributed by atoms with E-state index in [2.05, 4.69) is 27.0 Å². The van der Waals surface area contributed by atoms with Crippen molar-refractivity contribution in [3.8, 4) is 6.07 Å². The fourth-order valence-corrected chi connectivity index (χ4v) is 6.88. The van der Waals surface area contributed by atoms with Gasteiger partial charge in [0, 0.05) is 44.1 Å². The summed E-state index contributed by atoms with van der Waals surface area (Å²) in [5.41, 5.74) is -0.597. The molecule has 3 aromatic rings. The second kappa shape index (κ2) is 12.9. The van der Waals surface area contributed by atoms with Crippen LogP contribution < -0.4 is 9.80 Å². The number of fused-ring (bicyclic) bond motifs is 1. The van der Waals surface area contributed by atoms with Crippen molar-refractivity contribution in [3.05, 3.63) is 64.2 Å². The highest BCUT2D eigenvalue weighted by molar-refractivity contribution is 6.66. The zero-order valence-electron chi connectivity index (χ0n) is 26.1. The average Bonchev–Trinajstić information content (AvgIpc) is 3.55. The van der Waals surface area contributed by atoms with Crippen LogP contribution in [-0.4, -0.2) is 68.8 Å². The van der Waals surface area contributed by atoms with Crippen molar-refractivity contribution >= 4 is 34.5 Å². The van der Waals surface area contributed by atoms with Crippen LogP contribution in [0.15, 0.2) is 30.6 Å². The highest BCUT2D eigenvalue weighted by atomic mass is 35.5. The Balaban J connectivity index is 1.42. The summed E-state index contributed by atoms with van der Waals surface area (Å²) in [5.74, 6) is 0.607. The number of carbonyl (C=O) groups is 2. The second-order valence-electron chi connectivity index (χ2n) is 12.7. The first kappa shape index (κ1) is 32.9. The first-order valence-electron chi connectivity index (χ1n) is 15.4. The van der Waals surface area contributed by atoms with Crippen LogP contribution in [0.1, 0.15) is 64.6 Å². The number of alkyl halides is 3. The minimum absolute atomic E-state index is 0.0239. The van der Waals surface area contributed by atoms with Crippen LogP contribution >= 0.6 is 11.6 Å². The quantitative estimate of drug-likeness (QED) is 0.225. The minimum Gasteiger partial charge on any atom is -0.379 e. The molecule has 11 nitrogen and oxygen atoms in total. The third-order valence-electron chi connectivity index (χ3n) is 9.24. The molecular weight excluding hydrogens is 637 g/mol. The lowest BCUT2D eigenvalue weighted by atomic mass is 9.75. The normalized spacial score (nSPS) is 19.3. The summed E-state index contributed by atoms with van der Waals surface area (Å²) in [7, 11) is 1.81. The maximum Gasteiger partial charge on any atom is 0.416 e. The predicted molar refractivity (Wildman–Crippen MR) is 166 cm³/mol. The van der Waals surface area contributed by atoms with E-state index in [1.54, 1.807) is 36.1 Å². The van der Waals surface area contributed by atoms with E-state index in [-0.39, 0.29) is 55.5 Å². The molecule has 3 aliphatic rings. The van der Waals surface area contributed by atoms with E-state index in [4.69, 9.17) is 16.3 Å². The minimum atomic E-state index is -4.69. The SMILES string of the molecule is C[C@H]1CCCN(Cc2cc3c(c(C(F)(F)F)c2)CN(c2cc(C4(Cc5nncn5C)COC4)cc(N(CCC#N)C(=O)Cl)n2)C3=O)C1. The molecule has 0 bridgehead atoms. The van der Waals surface area contributed by atoms with E-state index >= 15 is 0 Å². The van der Waals surface area contributed by atoms with E-state index < -0.39 is 28.4 Å². The number of halogens is 4. The number of nitriles is 1. The van der Waals surface area contributed by atoms with Gasteiger partial charge in [-0.1, -0.05) is 6.92 Å². The van der Waals surface area contributed by atoms with Gasteiger partial charge >= 0.3 is 11.5 Å². The molecule has 0 saturated carbocycles.